The number of ether oxygens (including phenoxy) is 1. The Kier molecular flexibility index (Phi) is 4.75. The van der Waals surface area contributed by atoms with E-state index in [0.29, 0.717) is 6.61 Å². The minimum atomic E-state index is 0.420. The van der Waals surface area contributed by atoms with Crippen molar-refractivity contribution >= 4 is 11.8 Å². The topological polar surface area (TPSA) is 9.23 Å². The second kappa shape index (κ2) is 6.78. The van der Waals surface area contributed by atoms with E-state index in [2.05, 4.69) is 18.1 Å². The monoisotopic (exact) mass is 254 g/mol. The van der Waals surface area contributed by atoms with Gasteiger partial charge in [-0.2, -0.15) is 0 Å². The van der Waals surface area contributed by atoms with Crippen LogP contribution in [0, 0.1) is 18.1 Å². The highest BCUT2D eigenvalue weighted by molar-refractivity contribution is 8.03. The van der Waals surface area contributed by atoms with E-state index >= 15 is 0 Å². The first kappa shape index (κ1) is 12.6. The summed E-state index contributed by atoms with van der Waals surface area (Å²) in [7, 11) is 0. The van der Waals surface area contributed by atoms with Crippen molar-refractivity contribution in [3.63, 3.8) is 0 Å². The summed E-state index contributed by atoms with van der Waals surface area (Å²) in [5, 5.41) is 3.02. The van der Waals surface area contributed by atoms with Gasteiger partial charge >= 0.3 is 0 Å². The SMILES string of the molecule is Cc1ccc(OCC#CSc2ccccc2)cc1. The van der Waals surface area contributed by atoms with Crippen LogP contribution in [0.1, 0.15) is 5.56 Å². The molecule has 0 aromatic heterocycles. The third-order valence-corrected chi connectivity index (χ3v) is 3.07. The van der Waals surface area contributed by atoms with Crippen molar-refractivity contribution in [1.29, 1.82) is 0 Å². The Labute approximate surface area is 112 Å². The highest BCUT2D eigenvalue weighted by atomic mass is 32.2. The van der Waals surface area contributed by atoms with Crippen LogP contribution in [0.3, 0.4) is 0 Å². The summed E-state index contributed by atoms with van der Waals surface area (Å²) in [4.78, 5) is 1.15. The molecule has 0 N–H and O–H groups in total. The van der Waals surface area contributed by atoms with Crippen molar-refractivity contribution in [2.75, 3.05) is 6.61 Å². The molecule has 18 heavy (non-hydrogen) atoms. The summed E-state index contributed by atoms with van der Waals surface area (Å²) in [5.74, 6) is 3.85. The molecule has 2 aromatic carbocycles. The Bertz CT molecular complexity index is 535. The Morgan fingerprint density at radius 2 is 1.72 bits per heavy atom. The Balaban J connectivity index is 1.77. The zero-order valence-corrected chi connectivity index (χ0v) is 11.0. The van der Waals surface area contributed by atoms with Crippen molar-refractivity contribution in [2.45, 2.75) is 11.8 Å². The van der Waals surface area contributed by atoms with Crippen LogP contribution in [0.15, 0.2) is 59.5 Å². The van der Waals surface area contributed by atoms with Gasteiger partial charge in [0.15, 0.2) is 0 Å². The summed E-state index contributed by atoms with van der Waals surface area (Å²) >= 11 is 1.52. The molecule has 0 spiro atoms. The summed E-state index contributed by atoms with van der Waals surface area (Å²) < 4.78 is 5.51. The van der Waals surface area contributed by atoms with Crippen LogP contribution < -0.4 is 4.74 Å². The predicted octanol–water partition coefficient (Wildman–Crippen LogP) is 4.13. The van der Waals surface area contributed by atoms with Crippen molar-refractivity contribution in [2.24, 2.45) is 0 Å². The lowest BCUT2D eigenvalue weighted by Gasteiger charge is -2.01. The van der Waals surface area contributed by atoms with Gasteiger partial charge < -0.3 is 4.74 Å². The van der Waals surface area contributed by atoms with Gasteiger partial charge in [-0.3, -0.25) is 0 Å². The Morgan fingerprint density at radius 1 is 1.00 bits per heavy atom. The summed E-state index contributed by atoms with van der Waals surface area (Å²) in [5.41, 5.74) is 1.23. The summed E-state index contributed by atoms with van der Waals surface area (Å²) in [6.45, 7) is 2.48. The molecule has 2 aromatic rings. The van der Waals surface area contributed by atoms with Crippen molar-refractivity contribution < 1.29 is 4.74 Å². The lowest BCUT2D eigenvalue weighted by Crippen LogP contribution is -1.93. The van der Waals surface area contributed by atoms with Crippen LogP contribution in [0.4, 0.5) is 0 Å². The number of rotatable bonds is 3. The maximum absolute atomic E-state index is 5.51. The van der Waals surface area contributed by atoms with Gasteiger partial charge in [0.25, 0.3) is 0 Å². The fraction of sp³-hybridized carbons (Fsp3) is 0.125. The molecule has 0 aliphatic carbocycles. The molecular formula is C16H14OS. The average molecular weight is 254 g/mol. The average Bonchev–Trinajstić information content (AvgIpc) is 2.42. The van der Waals surface area contributed by atoms with E-state index in [4.69, 9.17) is 4.74 Å². The normalized spacial score (nSPS) is 9.39. The maximum Gasteiger partial charge on any atom is 0.149 e. The first-order chi connectivity index (χ1) is 8.84. The molecule has 0 unspecified atom stereocenters. The van der Waals surface area contributed by atoms with Crippen LogP contribution in [0.5, 0.6) is 5.75 Å². The molecule has 0 fully saturated rings. The molecular weight excluding hydrogens is 240 g/mol. The van der Waals surface area contributed by atoms with Crippen molar-refractivity contribution in [3.05, 3.63) is 60.2 Å². The molecule has 0 bridgehead atoms. The third-order valence-electron chi connectivity index (χ3n) is 2.32. The van der Waals surface area contributed by atoms with Gasteiger partial charge in [-0.05, 0) is 54.1 Å². The van der Waals surface area contributed by atoms with E-state index in [-0.39, 0.29) is 0 Å². The largest absolute Gasteiger partial charge is 0.481 e. The molecule has 90 valence electrons. The fourth-order valence-electron chi connectivity index (χ4n) is 1.37. The van der Waals surface area contributed by atoms with E-state index in [0.717, 1.165) is 10.6 Å². The molecule has 0 amide bonds. The molecule has 0 radical (unpaired) electrons. The van der Waals surface area contributed by atoms with Crippen LogP contribution in [-0.2, 0) is 0 Å². The van der Waals surface area contributed by atoms with Crippen LogP contribution in [0.2, 0.25) is 0 Å². The standard InChI is InChI=1S/C16H14OS/c1-14-8-10-15(11-9-14)17-12-5-13-18-16-6-3-2-4-7-16/h2-4,6-11H,12H2,1H3. The number of aryl methyl sites for hydroxylation is 1. The Hall–Kier alpha value is -1.85. The predicted molar refractivity (Wildman–Crippen MR) is 76.7 cm³/mol. The van der Waals surface area contributed by atoms with E-state index in [1.807, 2.05) is 54.6 Å². The smallest absolute Gasteiger partial charge is 0.149 e. The fourth-order valence-corrected chi connectivity index (χ4v) is 1.91. The molecule has 0 aliphatic heterocycles. The summed E-state index contributed by atoms with van der Waals surface area (Å²) in [6, 6.07) is 18.1. The van der Waals surface area contributed by atoms with E-state index in [1.165, 1.54) is 17.3 Å². The highest BCUT2D eigenvalue weighted by Crippen LogP contribution is 2.15. The summed E-state index contributed by atoms with van der Waals surface area (Å²) in [6.07, 6.45) is 0. The number of thioether (sulfide) groups is 1. The zero-order valence-electron chi connectivity index (χ0n) is 10.2. The van der Waals surface area contributed by atoms with E-state index < -0.39 is 0 Å². The quantitative estimate of drug-likeness (QED) is 0.601. The number of hydrogen-bond acceptors (Lipinski definition) is 2. The van der Waals surface area contributed by atoms with Crippen molar-refractivity contribution in [3.8, 4) is 16.9 Å². The van der Waals surface area contributed by atoms with Crippen LogP contribution in [0.25, 0.3) is 0 Å². The molecule has 0 saturated carbocycles. The molecule has 2 rings (SSSR count). The highest BCUT2D eigenvalue weighted by Gasteiger charge is 1.90. The minimum Gasteiger partial charge on any atom is -0.481 e. The second-order valence-corrected chi connectivity index (χ2v) is 4.68. The molecule has 0 aliphatic rings. The van der Waals surface area contributed by atoms with Gasteiger partial charge in [0, 0.05) is 4.90 Å². The lowest BCUT2D eigenvalue weighted by molar-refractivity contribution is 0.370. The van der Waals surface area contributed by atoms with Gasteiger partial charge in [0.1, 0.15) is 12.4 Å². The zero-order chi connectivity index (χ0) is 12.6. The van der Waals surface area contributed by atoms with Gasteiger partial charge in [-0.25, -0.2) is 0 Å². The molecule has 1 nitrogen and oxygen atoms in total. The first-order valence-corrected chi connectivity index (χ1v) is 6.55. The van der Waals surface area contributed by atoms with Crippen LogP contribution >= 0.6 is 11.8 Å². The Morgan fingerprint density at radius 3 is 2.44 bits per heavy atom. The van der Waals surface area contributed by atoms with E-state index in [9.17, 15) is 0 Å². The van der Waals surface area contributed by atoms with Crippen LogP contribution in [-0.4, -0.2) is 6.61 Å². The third kappa shape index (κ3) is 4.20. The van der Waals surface area contributed by atoms with E-state index in [1.54, 1.807) is 0 Å². The molecule has 0 heterocycles. The number of benzene rings is 2. The second-order valence-electron chi connectivity index (χ2n) is 3.80. The number of hydrogen-bond donors (Lipinski definition) is 0. The molecule has 2 heteroatoms. The van der Waals surface area contributed by atoms with Gasteiger partial charge in [0.05, 0.1) is 0 Å². The molecule has 0 atom stereocenters. The maximum atomic E-state index is 5.51. The molecule has 0 saturated heterocycles. The van der Waals surface area contributed by atoms with Gasteiger partial charge in [-0.15, -0.1) is 0 Å². The lowest BCUT2D eigenvalue weighted by atomic mass is 10.2. The first-order valence-electron chi connectivity index (χ1n) is 5.74. The van der Waals surface area contributed by atoms with Gasteiger partial charge in [0.2, 0.25) is 0 Å². The van der Waals surface area contributed by atoms with Crippen molar-refractivity contribution in [1.82, 2.24) is 0 Å². The minimum absolute atomic E-state index is 0.420. The van der Waals surface area contributed by atoms with Gasteiger partial charge in [-0.1, -0.05) is 35.9 Å².